The van der Waals surface area contributed by atoms with E-state index in [1.807, 2.05) is 4.90 Å². The van der Waals surface area contributed by atoms with Gasteiger partial charge in [0.15, 0.2) is 10.2 Å². The summed E-state index contributed by atoms with van der Waals surface area (Å²) >= 11 is 11.2. The number of thiocarbonyl (C=S) groups is 2. The molecule has 2 aromatic heterocycles. The molecule has 4 saturated heterocycles. The predicted octanol–water partition coefficient (Wildman–Crippen LogP) is 11.0. The van der Waals surface area contributed by atoms with Gasteiger partial charge < -0.3 is 25.1 Å². The van der Waals surface area contributed by atoms with Crippen LogP contribution < -0.4 is 26.2 Å². The number of anilines is 2. The fraction of sp³-hybridized carbons (Fsp3) is 0.294. The summed E-state index contributed by atoms with van der Waals surface area (Å²) in [5, 5.41) is 46.0. The number of nitrogens with zero attached hydrogens (tertiary/aromatic N) is 9. The second kappa shape index (κ2) is 27.4. The molecule has 6 aromatic carbocycles. The fourth-order valence-electron chi connectivity index (χ4n) is 12.6. The van der Waals surface area contributed by atoms with Gasteiger partial charge in [0.05, 0.1) is 79.1 Å². The number of hydrogen-bond acceptors (Lipinski definition) is 13. The number of benzene rings is 6. The average molecular weight is 1370 g/mol. The minimum absolute atomic E-state index is 0.0229. The molecule has 19 nitrogen and oxygen atoms in total. The largest absolute Gasteiger partial charge is 0.478 e. The van der Waals surface area contributed by atoms with Crippen LogP contribution in [-0.2, 0) is 34.8 Å². The Bertz CT molecular complexity index is 4720. The first-order valence-corrected chi connectivity index (χ1v) is 31.0. The summed E-state index contributed by atoms with van der Waals surface area (Å²) in [7, 11) is 0. The normalized spacial score (nSPS) is 16.6. The average Bonchev–Trinajstić information content (AvgIpc) is 1.59. The highest BCUT2D eigenvalue weighted by molar-refractivity contribution is 7.80. The molecule has 12 rings (SSSR count). The van der Waals surface area contributed by atoms with Gasteiger partial charge in [0.25, 0.3) is 28.8 Å². The molecule has 0 unspecified atom stereocenters. The summed E-state index contributed by atoms with van der Waals surface area (Å²) in [4.78, 5) is 82.3. The lowest BCUT2D eigenvalue weighted by Crippen LogP contribution is -2.54. The van der Waals surface area contributed by atoms with Gasteiger partial charge >= 0.3 is 18.3 Å². The molecular weight excluding hydrogens is 1310 g/mol. The second-order valence-electron chi connectivity index (χ2n) is 24.3. The van der Waals surface area contributed by atoms with Gasteiger partial charge in [-0.2, -0.15) is 47.1 Å². The molecule has 8 aromatic rings. The van der Waals surface area contributed by atoms with Crippen molar-refractivity contribution < 1.29 is 59.4 Å². The van der Waals surface area contributed by atoms with E-state index >= 15 is 4.39 Å². The number of alkyl halides is 6. The number of nitriles is 2. The molecule has 4 aliphatic heterocycles. The van der Waals surface area contributed by atoms with Crippen molar-refractivity contribution in [1.29, 1.82) is 10.5 Å². The van der Waals surface area contributed by atoms with E-state index in [9.17, 15) is 64.8 Å². The van der Waals surface area contributed by atoms with Crippen LogP contribution in [-0.4, -0.2) is 123 Å². The molecule has 29 heteroatoms. The summed E-state index contributed by atoms with van der Waals surface area (Å²) in [6, 6.07) is 31.2. The van der Waals surface area contributed by atoms with Crippen molar-refractivity contribution in [1.82, 2.24) is 40.4 Å². The number of aromatic carboxylic acids is 1. The van der Waals surface area contributed by atoms with Crippen molar-refractivity contribution in [2.24, 2.45) is 0 Å². The molecule has 3 amide bonds. The first kappa shape index (κ1) is 69.5. The topological polar surface area (TPSA) is 256 Å². The van der Waals surface area contributed by atoms with Crippen molar-refractivity contribution in [3.05, 3.63) is 210 Å². The number of hydrogen-bond donors (Lipinski definition) is 4. The molecule has 97 heavy (non-hydrogen) atoms. The van der Waals surface area contributed by atoms with Crippen LogP contribution in [0.4, 0.5) is 46.5 Å². The monoisotopic (exact) mass is 1370 g/mol. The number of nitrogens with one attached hydrogen (secondary N) is 3. The van der Waals surface area contributed by atoms with Crippen LogP contribution in [0.5, 0.6) is 0 Å². The lowest BCUT2D eigenvalue weighted by molar-refractivity contribution is -0.138. The molecule has 0 spiro atoms. The maximum Gasteiger partial charge on any atom is 0.417 e. The number of likely N-dealkylation sites (tertiary alicyclic amines) is 1. The van der Waals surface area contributed by atoms with E-state index in [0.717, 1.165) is 66.1 Å². The summed E-state index contributed by atoms with van der Waals surface area (Å²) in [6.07, 6.45) is -6.65. The zero-order valence-corrected chi connectivity index (χ0v) is 53.7. The maximum absolute atomic E-state index is 15.0. The van der Waals surface area contributed by atoms with E-state index in [4.69, 9.17) is 34.8 Å². The minimum atomic E-state index is -4.81. The molecule has 0 atom stereocenters. The summed E-state index contributed by atoms with van der Waals surface area (Å²) in [6.45, 7) is 8.77. The molecule has 6 heterocycles. The minimum Gasteiger partial charge on any atom is -0.478 e. The number of amides is 3. The summed E-state index contributed by atoms with van der Waals surface area (Å²) in [5.41, 5.74) is -4.24. The first-order chi connectivity index (χ1) is 45.9. The zero-order valence-electron chi connectivity index (χ0n) is 52.0. The van der Waals surface area contributed by atoms with E-state index in [-0.39, 0.29) is 87.8 Å². The summed E-state index contributed by atoms with van der Waals surface area (Å²) in [5.74, 6) is -4.19. The zero-order chi connectivity index (χ0) is 70.2. The lowest BCUT2D eigenvalue weighted by atomic mass is 9.95. The number of piperidine rings is 2. The number of carbonyl (C=O) groups is 4. The van der Waals surface area contributed by atoms with E-state index in [1.165, 1.54) is 47.4 Å². The second-order valence-corrected chi connectivity index (χ2v) is 25.0. The first-order valence-electron chi connectivity index (χ1n) is 30.2. The van der Waals surface area contributed by atoms with Crippen molar-refractivity contribution >= 4 is 91.3 Å². The number of rotatable bonds is 10. The van der Waals surface area contributed by atoms with Gasteiger partial charge in [-0.1, -0.05) is 48.5 Å². The molecule has 0 radical (unpaired) electrons. The Morgan fingerprint density at radius 1 is 0.577 bits per heavy atom. The fourth-order valence-corrected chi connectivity index (χ4v) is 13.7. The third-order valence-electron chi connectivity index (χ3n) is 17.4. The van der Waals surface area contributed by atoms with Crippen molar-refractivity contribution in [2.45, 2.75) is 102 Å². The lowest BCUT2D eigenvalue weighted by Gasteiger charge is -2.42. The molecule has 4 N–H and O–H groups in total. The van der Waals surface area contributed by atoms with Gasteiger partial charge in [-0.3, -0.25) is 33.8 Å². The number of aromatic nitrogens is 4. The quantitative estimate of drug-likeness (QED) is 0.0733. The van der Waals surface area contributed by atoms with Gasteiger partial charge in [0, 0.05) is 48.8 Å². The van der Waals surface area contributed by atoms with Crippen LogP contribution in [0.25, 0.3) is 21.5 Å². The number of aromatic amines is 2. The van der Waals surface area contributed by atoms with Gasteiger partial charge in [0.2, 0.25) is 0 Å². The Kier molecular flexibility index (Phi) is 19.6. The van der Waals surface area contributed by atoms with Crippen molar-refractivity contribution in [3.63, 3.8) is 0 Å². The third-order valence-corrected chi connectivity index (χ3v) is 18.2. The Morgan fingerprint density at radius 3 is 1.37 bits per heavy atom. The molecular formula is C68H58F8N12O7S2. The van der Waals surface area contributed by atoms with Crippen LogP contribution >= 0.6 is 24.4 Å². The van der Waals surface area contributed by atoms with E-state index in [2.05, 4.69) is 25.7 Å². The number of halogens is 8. The molecule has 0 aliphatic carbocycles. The predicted molar refractivity (Wildman–Crippen MR) is 349 cm³/mol. The molecule has 500 valence electrons. The van der Waals surface area contributed by atoms with E-state index in [0.29, 0.717) is 56.9 Å². The van der Waals surface area contributed by atoms with Crippen LogP contribution in [0.2, 0.25) is 0 Å². The third kappa shape index (κ3) is 13.9. The van der Waals surface area contributed by atoms with Crippen LogP contribution in [0.3, 0.4) is 0 Å². The Balaban J connectivity index is 0.000000175. The number of fused-ring (bicyclic) bond motifs is 2. The SMILES string of the molecule is CC1(C)C(=O)N(c2ccc(C#N)c(C(F)(F)F)c2)C(=S)N1C1CCN(C(=O)c2cc(Cc3n[nH]c(=O)c4ccccc34)ccc2F)CC1.CC1(C)C(=O)N(c2ccc(C#N)c(C(F)(F)F)c2)C(=S)N1C1CCNCC1.O=C(O)c1cc(Cc2n[nH]c(=O)c3ccccc23)ccc1F. The highest BCUT2D eigenvalue weighted by atomic mass is 32.1. The molecule has 0 saturated carbocycles. The van der Waals surface area contributed by atoms with Gasteiger partial charge in [-0.05, 0) is 175 Å². The molecule has 4 aliphatic rings. The Hall–Kier alpha value is -10.4. The Labute approximate surface area is 558 Å². The van der Waals surface area contributed by atoms with Gasteiger partial charge in [-0.15, -0.1) is 0 Å². The Morgan fingerprint density at radius 2 is 0.969 bits per heavy atom. The van der Waals surface area contributed by atoms with Crippen LogP contribution in [0, 0.1) is 34.3 Å². The van der Waals surface area contributed by atoms with E-state index < -0.39 is 75.1 Å². The van der Waals surface area contributed by atoms with Crippen LogP contribution in [0.15, 0.2) is 131 Å². The number of carboxylic acid groups (broad SMARTS) is 1. The number of carbonyl (C=O) groups excluding carboxylic acids is 3. The standard InChI is InChI=1S/C34H28F4N6O3S.C18H19F3N4OS.C16H11FN2O3/c1-33(2)31(47)43(22-9-8-20(18-39)26(17-22)34(36,37)38)32(48)44(33)21-11-13-42(14-12-21)30(46)25-15-19(7-10-27(25)35)16-28-23-5-3-4-6-24(23)29(45)41-40-28;1-17(2)15(26)24(16(27)25(17)12-5-7-23-8-6-12)13-4-3-11(10-22)14(9-13)18(19,20)21;17-13-6-5-9(7-12(13)16(21)22)8-14-10-3-1-2-4-11(10)15(20)19-18-14/h3-10,15,17,21H,11-14,16H2,1-2H3,(H,41,45);3-4,9,12,23H,5-8H2,1-2H3;1-7H,8H2,(H,19,20)(H,21,22). The van der Waals surface area contributed by atoms with E-state index in [1.54, 1.807) is 93.3 Å². The van der Waals surface area contributed by atoms with Gasteiger partial charge in [0.1, 0.15) is 22.7 Å². The highest BCUT2D eigenvalue weighted by Gasteiger charge is 2.54. The highest BCUT2D eigenvalue weighted by Crippen LogP contribution is 2.42. The van der Waals surface area contributed by atoms with Crippen LogP contribution in [0.1, 0.15) is 119 Å². The summed E-state index contributed by atoms with van der Waals surface area (Å²) < 4.78 is 109. The molecule has 0 bridgehead atoms. The van der Waals surface area contributed by atoms with Crippen molar-refractivity contribution in [2.75, 3.05) is 36.0 Å². The smallest absolute Gasteiger partial charge is 0.417 e. The van der Waals surface area contributed by atoms with Gasteiger partial charge in [-0.25, -0.2) is 23.8 Å². The number of H-pyrrole nitrogens is 2. The maximum atomic E-state index is 15.0. The molecule has 4 fully saturated rings. The van der Waals surface area contributed by atoms with Crippen molar-refractivity contribution in [3.8, 4) is 12.1 Å². The number of carboxylic acids is 1.